The first-order valence-electron chi connectivity index (χ1n) is 3.84. The van der Waals surface area contributed by atoms with Crippen LogP contribution < -0.4 is 0 Å². The van der Waals surface area contributed by atoms with Crippen LogP contribution in [0.3, 0.4) is 0 Å². The largest absolute Gasteiger partial charge is 0.0773 e. The monoisotopic (exact) mass is 120 g/mol. The highest BCUT2D eigenvalue weighted by atomic mass is 14.2. The zero-order chi connectivity index (χ0) is 6.10. The maximum Gasteiger partial charge on any atom is -0.00170 e. The second kappa shape index (κ2) is 2.02. The molecule has 0 nitrogen and oxygen atoms in total. The fourth-order valence-corrected chi connectivity index (χ4v) is 1.80. The lowest BCUT2D eigenvalue weighted by atomic mass is 9.87. The molecule has 1 atom stereocenters. The van der Waals surface area contributed by atoms with Gasteiger partial charge >= 0.3 is 0 Å². The SMILES string of the molecule is C1=CC2CCCCC2=C1. The molecule has 0 spiro atoms. The standard InChI is InChI=1S/C9H12/c1-2-5-9-7-3-6-8(9)4-1/h3,6-8H,1-2,4-5H2. The van der Waals surface area contributed by atoms with Crippen molar-refractivity contribution in [2.24, 2.45) is 5.92 Å². The molecule has 0 radical (unpaired) electrons. The van der Waals surface area contributed by atoms with Crippen molar-refractivity contribution in [1.29, 1.82) is 0 Å². The van der Waals surface area contributed by atoms with Gasteiger partial charge in [0.15, 0.2) is 0 Å². The van der Waals surface area contributed by atoms with Gasteiger partial charge in [0.25, 0.3) is 0 Å². The van der Waals surface area contributed by atoms with Crippen molar-refractivity contribution in [3.05, 3.63) is 23.8 Å². The minimum atomic E-state index is 0.846. The molecular weight excluding hydrogens is 108 g/mol. The predicted octanol–water partition coefficient (Wildman–Crippen LogP) is 2.67. The number of hydrogen-bond donors (Lipinski definition) is 0. The Labute approximate surface area is 56.3 Å². The highest BCUT2D eigenvalue weighted by molar-refractivity contribution is 5.28. The molecule has 1 saturated carbocycles. The average molecular weight is 120 g/mol. The Morgan fingerprint density at radius 2 is 2.33 bits per heavy atom. The first-order chi connectivity index (χ1) is 4.47. The van der Waals surface area contributed by atoms with E-state index in [0.717, 1.165) is 5.92 Å². The van der Waals surface area contributed by atoms with Crippen molar-refractivity contribution >= 4 is 0 Å². The summed E-state index contributed by atoms with van der Waals surface area (Å²) >= 11 is 0. The summed E-state index contributed by atoms with van der Waals surface area (Å²) in [6.45, 7) is 0. The van der Waals surface area contributed by atoms with Gasteiger partial charge in [-0.2, -0.15) is 0 Å². The summed E-state index contributed by atoms with van der Waals surface area (Å²) in [6, 6.07) is 0. The van der Waals surface area contributed by atoms with E-state index in [2.05, 4.69) is 18.2 Å². The van der Waals surface area contributed by atoms with Crippen LogP contribution >= 0.6 is 0 Å². The van der Waals surface area contributed by atoms with E-state index in [-0.39, 0.29) is 0 Å². The van der Waals surface area contributed by atoms with Crippen LogP contribution in [0.2, 0.25) is 0 Å². The van der Waals surface area contributed by atoms with Gasteiger partial charge in [0, 0.05) is 0 Å². The van der Waals surface area contributed by atoms with Crippen LogP contribution in [0.15, 0.2) is 23.8 Å². The van der Waals surface area contributed by atoms with E-state index >= 15 is 0 Å². The first kappa shape index (κ1) is 5.28. The van der Waals surface area contributed by atoms with Crippen LogP contribution in [0.25, 0.3) is 0 Å². The van der Waals surface area contributed by atoms with Gasteiger partial charge < -0.3 is 0 Å². The number of hydrogen-bond acceptors (Lipinski definition) is 0. The Morgan fingerprint density at radius 3 is 3.22 bits per heavy atom. The van der Waals surface area contributed by atoms with E-state index in [0.29, 0.717) is 0 Å². The topological polar surface area (TPSA) is 0 Å². The van der Waals surface area contributed by atoms with Crippen molar-refractivity contribution in [3.8, 4) is 0 Å². The fraction of sp³-hybridized carbons (Fsp3) is 0.556. The van der Waals surface area contributed by atoms with Crippen molar-refractivity contribution in [1.82, 2.24) is 0 Å². The van der Waals surface area contributed by atoms with Gasteiger partial charge in [-0.05, 0) is 25.2 Å². The Morgan fingerprint density at radius 1 is 1.33 bits per heavy atom. The molecule has 0 aromatic rings. The lowest BCUT2D eigenvalue weighted by Gasteiger charge is -2.18. The van der Waals surface area contributed by atoms with Crippen molar-refractivity contribution in [3.63, 3.8) is 0 Å². The third kappa shape index (κ3) is 0.827. The second-order valence-corrected chi connectivity index (χ2v) is 2.98. The van der Waals surface area contributed by atoms with E-state index in [9.17, 15) is 0 Å². The molecule has 0 saturated heterocycles. The van der Waals surface area contributed by atoms with Crippen LogP contribution in [0.4, 0.5) is 0 Å². The molecule has 2 aliphatic rings. The summed E-state index contributed by atoms with van der Waals surface area (Å²) in [5, 5.41) is 0. The second-order valence-electron chi connectivity index (χ2n) is 2.98. The molecule has 0 aromatic heterocycles. The smallest absolute Gasteiger partial charge is 0.00170 e. The molecule has 9 heavy (non-hydrogen) atoms. The summed E-state index contributed by atoms with van der Waals surface area (Å²) < 4.78 is 0. The maximum absolute atomic E-state index is 2.34. The van der Waals surface area contributed by atoms with Crippen molar-refractivity contribution in [2.75, 3.05) is 0 Å². The van der Waals surface area contributed by atoms with Gasteiger partial charge in [-0.15, -0.1) is 0 Å². The van der Waals surface area contributed by atoms with Gasteiger partial charge in [-0.3, -0.25) is 0 Å². The number of allylic oxidation sites excluding steroid dienone is 4. The molecule has 0 amide bonds. The van der Waals surface area contributed by atoms with E-state index in [1.165, 1.54) is 25.7 Å². The van der Waals surface area contributed by atoms with Gasteiger partial charge in [-0.25, -0.2) is 0 Å². The Balaban J connectivity index is 2.16. The van der Waals surface area contributed by atoms with E-state index < -0.39 is 0 Å². The quantitative estimate of drug-likeness (QED) is 0.461. The molecule has 0 N–H and O–H groups in total. The molecular formula is C9H12. The summed E-state index contributed by atoms with van der Waals surface area (Å²) in [5.41, 5.74) is 1.68. The molecule has 2 rings (SSSR count). The van der Waals surface area contributed by atoms with Crippen LogP contribution in [0, 0.1) is 5.92 Å². The third-order valence-electron chi connectivity index (χ3n) is 2.36. The Hall–Kier alpha value is -0.520. The first-order valence-corrected chi connectivity index (χ1v) is 3.84. The minimum Gasteiger partial charge on any atom is -0.0773 e. The van der Waals surface area contributed by atoms with E-state index in [4.69, 9.17) is 0 Å². The van der Waals surface area contributed by atoms with Gasteiger partial charge in [0.05, 0.1) is 0 Å². The highest BCUT2D eigenvalue weighted by Crippen LogP contribution is 2.33. The zero-order valence-electron chi connectivity index (χ0n) is 5.64. The normalized spacial score (nSPS) is 32.0. The van der Waals surface area contributed by atoms with E-state index in [1.807, 2.05) is 0 Å². The molecule has 1 unspecified atom stereocenters. The molecule has 2 aliphatic carbocycles. The lowest BCUT2D eigenvalue weighted by Crippen LogP contribution is -2.03. The van der Waals surface area contributed by atoms with Gasteiger partial charge in [-0.1, -0.05) is 30.2 Å². The number of rotatable bonds is 0. The maximum atomic E-state index is 2.34. The Bertz CT molecular complexity index is 163. The minimum absolute atomic E-state index is 0.846. The summed E-state index contributed by atoms with van der Waals surface area (Å²) in [5.74, 6) is 0.846. The third-order valence-corrected chi connectivity index (χ3v) is 2.36. The van der Waals surface area contributed by atoms with E-state index in [1.54, 1.807) is 5.57 Å². The van der Waals surface area contributed by atoms with Gasteiger partial charge in [0.1, 0.15) is 0 Å². The number of fused-ring (bicyclic) bond motifs is 1. The molecule has 0 bridgehead atoms. The lowest BCUT2D eigenvalue weighted by molar-refractivity contribution is 0.525. The van der Waals surface area contributed by atoms with Crippen molar-refractivity contribution < 1.29 is 0 Å². The zero-order valence-corrected chi connectivity index (χ0v) is 5.64. The molecule has 48 valence electrons. The molecule has 0 aromatic carbocycles. The van der Waals surface area contributed by atoms with Crippen LogP contribution in [-0.4, -0.2) is 0 Å². The summed E-state index contributed by atoms with van der Waals surface area (Å²) in [4.78, 5) is 0. The van der Waals surface area contributed by atoms with Crippen LogP contribution in [0.5, 0.6) is 0 Å². The highest BCUT2D eigenvalue weighted by Gasteiger charge is 2.17. The predicted molar refractivity (Wildman–Crippen MR) is 39.2 cm³/mol. The molecule has 1 fully saturated rings. The fourth-order valence-electron chi connectivity index (χ4n) is 1.80. The van der Waals surface area contributed by atoms with Crippen molar-refractivity contribution in [2.45, 2.75) is 25.7 Å². The average Bonchev–Trinajstić information content (AvgIpc) is 2.33. The van der Waals surface area contributed by atoms with Crippen LogP contribution in [-0.2, 0) is 0 Å². The van der Waals surface area contributed by atoms with Gasteiger partial charge in [0.2, 0.25) is 0 Å². The molecule has 0 aliphatic heterocycles. The Kier molecular flexibility index (Phi) is 1.18. The molecule has 0 heterocycles. The summed E-state index contributed by atoms with van der Waals surface area (Å²) in [7, 11) is 0. The van der Waals surface area contributed by atoms with Crippen LogP contribution in [0.1, 0.15) is 25.7 Å². The molecule has 0 heteroatoms. The summed E-state index contributed by atoms with van der Waals surface area (Å²) in [6.07, 6.45) is 12.5.